The van der Waals surface area contributed by atoms with Gasteiger partial charge in [-0.2, -0.15) is 0 Å². The predicted molar refractivity (Wildman–Crippen MR) is 126 cm³/mol. The number of hydrogen-bond acceptors (Lipinski definition) is 4. The molecule has 0 fully saturated rings. The molecule has 1 aliphatic carbocycles. The standard InChI is InChI=1S/C26H32N2O5/c1-25(2,3)14-21(22(29)30)27-23(31)26(4,5)28-24(32)33-15-20-18-12-8-6-10-16(18)17-11-7-9-13-19(17)20/h6-13,20-21H,14-15H2,1-5H3,(H,27,31)(H,28,32)(H,29,30). The number of benzene rings is 2. The van der Waals surface area contributed by atoms with Gasteiger partial charge in [-0.25, -0.2) is 9.59 Å². The molecule has 33 heavy (non-hydrogen) atoms. The Labute approximate surface area is 194 Å². The van der Waals surface area contributed by atoms with Crippen LogP contribution in [0.3, 0.4) is 0 Å². The summed E-state index contributed by atoms with van der Waals surface area (Å²) in [6.45, 7) is 8.85. The molecule has 0 radical (unpaired) electrons. The maximum Gasteiger partial charge on any atom is 0.408 e. The molecule has 0 saturated heterocycles. The van der Waals surface area contributed by atoms with E-state index in [1.54, 1.807) is 0 Å². The number of carboxylic acids is 1. The number of ether oxygens (including phenoxy) is 1. The molecule has 0 saturated carbocycles. The van der Waals surface area contributed by atoms with Crippen molar-refractivity contribution in [2.75, 3.05) is 6.61 Å². The van der Waals surface area contributed by atoms with Gasteiger partial charge in [0.2, 0.25) is 5.91 Å². The average Bonchev–Trinajstić information content (AvgIpc) is 3.04. The fraction of sp³-hybridized carbons (Fsp3) is 0.423. The minimum Gasteiger partial charge on any atom is -0.480 e. The summed E-state index contributed by atoms with van der Waals surface area (Å²) < 4.78 is 5.51. The molecule has 176 valence electrons. The number of alkyl carbamates (subject to hydrolysis) is 1. The Kier molecular flexibility index (Phi) is 6.81. The van der Waals surface area contributed by atoms with E-state index in [2.05, 4.69) is 22.8 Å². The number of hydrogen-bond donors (Lipinski definition) is 3. The summed E-state index contributed by atoms with van der Waals surface area (Å²) >= 11 is 0. The summed E-state index contributed by atoms with van der Waals surface area (Å²) in [7, 11) is 0. The molecular formula is C26H32N2O5. The normalized spacial score (nSPS) is 14.1. The molecule has 0 bridgehead atoms. The lowest BCUT2D eigenvalue weighted by Crippen LogP contribution is -2.58. The van der Waals surface area contributed by atoms with Gasteiger partial charge in [0, 0.05) is 5.92 Å². The Hall–Kier alpha value is -3.35. The molecule has 0 aromatic heterocycles. The van der Waals surface area contributed by atoms with Gasteiger partial charge in [-0.1, -0.05) is 69.3 Å². The second-order valence-corrected chi connectivity index (χ2v) is 10.2. The quantitative estimate of drug-likeness (QED) is 0.581. The van der Waals surface area contributed by atoms with E-state index < -0.39 is 29.6 Å². The third-order valence-corrected chi connectivity index (χ3v) is 5.75. The highest BCUT2D eigenvalue weighted by molar-refractivity contribution is 5.92. The molecule has 0 aliphatic heterocycles. The van der Waals surface area contributed by atoms with Crippen LogP contribution in [0, 0.1) is 5.41 Å². The smallest absolute Gasteiger partial charge is 0.408 e. The fourth-order valence-electron chi connectivity index (χ4n) is 4.10. The number of nitrogens with one attached hydrogen (secondary N) is 2. The van der Waals surface area contributed by atoms with Crippen LogP contribution in [0.4, 0.5) is 4.79 Å². The van der Waals surface area contributed by atoms with Crippen LogP contribution >= 0.6 is 0 Å². The van der Waals surface area contributed by atoms with E-state index in [4.69, 9.17) is 4.74 Å². The number of carboxylic acid groups (broad SMARTS) is 1. The third kappa shape index (κ3) is 5.72. The van der Waals surface area contributed by atoms with E-state index in [-0.39, 0.29) is 24.4 Å². The van der Waals surface area contributed by atoms with Crippen molar-refractivity contribution in [1.29, 1.82) is 0 Å². The Balaban J connectivity index is 1.63. The van der Waals surface area contributed by atoms with Crippen LogP contribution < -0.4 is 10.6 Å². The van der Waals surface area contributed by atoms with Gasteiger partial charge in [-0.05, 0) is 47.9 Å². The maximum absolute atomic E-state index is 12.7. The van der Waals surface area contributed by atoms with Crippen molar-refractivity contribution in [1.82, 2.24) is 10.6 Å². The second kappa shape index (κ2) is 9.25. The van der Waals surface area contributed by atoms with Crippen LogP contribution in [0.15, 0.2) is 48.5 Å². The molecule has 7 heteroatoms. The summed E-state index contributed by atoms with van der Waals surface area (Å²) in [4.78, 5) is 36.9. The first-order chi connectivity index (χ1) is 15.4. The van der Waals surface area contributed by atoms with Gasteiger partial charge < -0.3 is 20.5 Å². The number of amides is 2. The van der Waals surface area contributed by atoms with Crippen molar-refractivity contribution in [3.8, 4) is 11.1 Å². The Morgan fingerprint density at radius 3 is 1.94 bits per heavy atom. The lowest BCUT2D eigenvalue weighted by atomic mass is 9.87. The lowest BCUT2D eigenvalue weighted by Gasteiger charge is -2.29. The first-order valence-electron chi connectivity index (χ1n) is 11.1. The number of aliphatic carboxylic acids is 1. The van der Waals surface area contributed by atoms with Crippen LogP contribution in [0.25, 0.3) is 11.1 Å². The first kappa shape index (κ1) is 24.3. The predicted octanol–water partition coefficient (Wildman–Crippen LogP) is 4.31. The molecule has 2 amide bonds. The molecule has 1 unspecified atom stereocenters. The molecular weight excluding hydrogens is 420 g/mol. The molecule has 1 aliphatic rings. The van der Waals surface area contributed by atoms with Crippen LogP contribution in [-0.2, 0) is 14.3 Å². The number of fused-ring (bicyclic) bond motifs is 3. The fourth-order valence-corrected chi connectivity index (χ4v) is 4.10. The number of carbonyl (C=O) groups excluding carboxylic acids is 2. The minimum atomic E-state index is -1.35. The maximum atomic E-state index is 12.7. The van der Waals surface area contributed by atoms with Gasteiger partial charge in [0.1, 0.15) is 18.2 Å². The van der Waals surface area contributed by atoms with Gasteiger partial charge >= 0.3 is 12.1 Å². The SMILES string of the molecule is CC(C)(C)CC(NC(=O)C(C)(C)NC(=O)OCC1c2ccccc2-c2ccccc21)C(=O)O. The number of carbonyl (C=O) groups is 3. The van der Waals surface area contributed by atoms with Crippen LogP contribution in [0.2, 0.25) is 0 Å². The molecule has 3 N–H and O–H groups in total. The monoisotopic (exact) mass is 452 g/mol. The third-order valence-electron chi connectivity index (χ3n) is 5.75. The molecule has 3 rings (SSSR count). The van der Waals surface area contributed by atoms with Crippen molar-refractivity contribution < 1.29 is 24.2 Å². The Morgan fingerprint density at radius 1 is 0.939 bits per heavy atom. The average molecular weight is 453 g/mol. The van der Waals surface area contributed by atoms with E-state index in [9.17, 15) is 19.5 Å². The summed E-state index contributed by atoms with van der Waals surface area (Å²) in [5, 5.41) is 14.6. The zero-order chi connectivity index (χ0) is 24.4. The van der Waals surface area contributed by atoms with Crippen LogP contribution in [0.5, 0.6) is 0 Å². The van der Waals surface area contributed by atoms with E-state index in [0.29, 0.717) is 0 Å². The zero-order valence-electron chi connectivity index (χ0n) is 19.8. The highest BCUT2D eigenvalue weighted by Gasteiger charge is 2.35. The molecule has 2 aromatic rings. The summed E-state index contributed by atoms with van der Waals surface area (Å²) in [6.07, 6.45) is -0.477. The Morgan fingerprint density at radius 2 is 1.45 bits per heavy atom. The molecule has 7 nitrogen and oxygen atoms in total. The summed E-state index contributed by atoms with van der Waals surface area (Å²) in [5.74, 6) is -1.80. The van der Waals surface area contributed by atoms with Crippen molar-refractivity contribution in [3.05, 3.63) is 59.7 Å². The summed E-state index contributed by atoms with van der Waals surface area (Å²) in [6, 6.07) is 15.0. The first-order valence-corrected chi connectivity index (χ1v) is 11.1. The van der Waals surface area contributed by atoms with Crippen LogP contribution in [0.1, 0.15) is 58.1 Å². The van der Waals surface area contributed by atoms with Gasteiger partial charge in [0.15, 0.2) is 0 Å². The zero-order valence-corrected chi connectivity index (χ0v) is 19.8. The highest BCUT2D eigenvalue weighted by Crippen LogP contribution is 2.44. The van der Waals surface area contributed by atoms with Gasteiger partial charge in [-0.15, -0.1) is 0 Å². The molecule has 1 atom stereocenters. The largest absolute Gasteiger partial charge is 0.480 e. The van der Waals surface area contributed by atoms with E-state index in [1.807, 2.05) is 57.2 Å². The van der Waals surface area contributed by atoms with Crippen molar-refractivity contribution in [2.45, 2.75) is 58.5 Å². The lowest BCUT2D eigenvalue weighted by molar-refractivity contribution is -0.143. The van der Waals surface area contributed by atoms with E-state index in [1.165, 1.54) is 13.8 Å². The van der Waals surface area contributed by atoms with E-state index >= 15 is 0 Å². The van der Waals surface area contributed by atoms with Crippen molar-refractivity contribution >= 4 is 18.0 Å². The van der Waals surface area contributed by atoms with Crippen molar-refractivity contribution in [2.24, 2.45) is 5.41 Å². The highest BCUT2D eigenvalue weighted by atomic mass is 16.5. The molecule has 0 heterocycles. The molecule has 2 aromatic carbocycles. The topological polar surface area (TPSA) is 105 Å². The van der Waals surface area contributed by atoms with Gasteiger partial charge in [0.25, 0.3) is 0 Å². The molecule has 0 spiro atoms. The van der Waals surface area contributed by atoms with Crippen molar-refractivity contribution in [3.63, 3.8) is 0 Å². The Bertz CT molecular complexity index is 1010. The van der Waals surface area contributed by atoms with Crippen LogP contribution in [-0.4, -0.2) is 41.3 Å². The minimum absolute atomic E-state index is 0.0942. The summed E-state index contributed by atoms with van der Waals surface area (Å²) in [5.41, 5.74) is 2.79. The number of rotatable bonds is 7. The van der Waals surface area contributed by atoms with Gasteiger partial charge in [-0.3, -0.25) is 4.79 Å². The second-order valence-electron chi connectivity index (χ2n) is 10.2. The van der Waals surface area contributed by atoms with Gasteiger partial charge in [0.05, 0.1) is 0 Å². The van der Waals surface area contributed by atoms with E-state index in [0.717, 1.165) is 22.3 Å².